The van der Waals surface area contributed by atoms with Crippen LogP contribution in [0.15, 0.2) is 53.3 Å². The first-order valence-electron chi connectivity index (χ1n) is 9.85. The molecule has 4 nitrogen and oxygen atoms in total. The molecule has 1 aromatic heterocycles. The Morgan fingerprint density at radius 1 is 1.17 bits per heavy atom. The lowest BCUT2D eigenvalue weighted by Gasteiger charge is -2.24. The van der Waals surface area contributed by atoms with Gasteiger partial charge in [-0.15, -0.1) is 0 Å². The molecule has 0 amide bonds. The van der Waals surface area contributed by atoms with E-state index in [-0.39, 0.29) is 11.6 Å². The van der Waals surface area contributed by atoms with Gasteiger partial charge in [0.15, 0.2) is 0 Å². The second-order valence-electron chi connectivity index (χ2n) is 7.71. The Morgan fingerprint density at radius 2 is 1.86 bits per heavy atom. The molecule has 154 valence electrons. The molecule has 1 heterocycles. The first kappa shape index (κ1) is 21.0. The fourth-order valence-electron chi connectivity index (χ4n) is 3.78. The van der Waals surface area contributed by atoms with E-state index in [2.05, 4.69) is 24.0 Å². The number of halogens is 2. The first-order chi connectivity index (χ1) is 13.7. The average Bonchev–Trinajstić information content (AvgIpc) is 2.66. The van der Waals surface area contributed by atoms with Crippen LogP contribution in [0.2, 0.25) is 0 Å². The number of anilines is 1. The molecule has 29 heavy (non-hydrogen) atoms. The molecule has 0 bridgehead atoms. The van der Waals surface area contributed by atoms with Gasteiger partial charge in [0.2, 0.25) is 0 Å². The molecule has 0 aliphatic rings. The predicted molar refractivity (Wildman–Crippen MR) is 114 cm³/mol. The zero-order chi connectivity index (χ0) is 21.2. The van der Waals surface area contributed by atoms with Crippen LogP contribution in [0.5, 0.6) is 0 Å². The Morgan fingerprint density at radius 3 is 2.48 bits per heavy atom. The fourth-order valence-corrected chi connectivity index (χ4v) is 3.78. The zero-order valence-corrected chi connectivity index (χ0v) is 17.3. The standard InChI is InChI=1S/C23H27F2N3O/c1-5-18(13-17-9-7-6-8-10-17)28-16(2)26-21-12-11-19(14-20(21)22(28)29)27(4)15-23(3,24)25/h6-12,14,18H,5,13,15H2,1-4H3/t18-/m1/s1. The van der Waals surface area contributed by atoms with E-state index in [4.69, 9.17) is 0 Å². The molecule has 0 saturated carbocycles. The van der Waals surface area contributed by atoms with E-state index in [0.29, 0.717) is 22.4 Å². The Bertz CT molecular complexity index is 1040. The van der Waals surface area contributed by atoms with Gasteiger partial charge in [-0.2, -0.15) is 0 Å². The van der Waals surface area contributed by atoms with Crippen LogP contribution in [0.3, 0.4) is 0 Å². The van der Waals surface area contributed by atoms with Crippen molar-refractivity contribution in [3.63, 3.8) is 0 Å². The third-order valence-electron chi connectivity index (χ3n) is 5.17. The van der Waals surface area contributed by atoms with Crippen molar-refractivity contribution in [1.29, 1.82) is 0 Å². The quantitative estimate of drug-likeness (QED) is 0.562. The molecule has 1 atom stereocenters. The Balaban J connectivity index is 2.04. The lowest BCUT2D eigenvalue weighted by molar-refractivity contribution is 0.0311. The molecule has 0 spiro atoms. The lowest BCUT2D eigenvalue weighted by atomic mass is 10.0. The summed E-state index contributed by atoms with van der Waals surface area (Å²) in [6, 6.07) is 15.1. The second kappa shape index (κ2) is 8.31. The number of hydrogen-bond acceptors (Lipinski definition) is 3. The summed E-state index contributed by atoms with van der Waals surface area (Å²) < 4.78 is 28.6. The van der Waals surface area contributed by atoms with Crippen LogP contribution < -0.4 is 10.5 Å². The molecule has 2 aromatic carbocycles. The molecule has 0 aliphatic heterocycles. The zero-order valence-electron chi connectivity index (χ0n) is 17.3. The molecular formula is C23H27F2N3O. The van der Waals surface area contributed by atoms with Gasteiger partial charge < -0.3 is 4.90 Å². The van der Waals surface area contributed by atoms with Crippen LogP contribution in [-0.2, 0) is 6.42 Å². The Labute approximate surface area is 169 Å². The van der Waals surface area contributed by atoms with Crippen molar-refractivity contribution in [3.05, 3.63) is 70.3 Å². The summed E-state index contributed by atoms with van der Waals surface area (Å²) in [5.74, 6) is -2.16. The number of nitrogens with zero attached hydrogens (tertiary/aromatic N) is 3. The highest BCUT2D eigenvalue weighted by Crippen LogP contribution is 2.24. The Kier molecular flexibility index (Phi) is 6.01. The van der Waals surface area contributed by atoms with Crippen LogP contribution in [0.25, 0.3) is 10.9 Å². The van der Waals surface area contributed by atoms with Gasteiger partial charge in [0.25, 0.3) is 11.5 Å². The number of rotatable bonds is 7. The van der Waals surface area contributed by atoms with E-state index in [1.54, 1.807) is 29.8 Å². The number of benzene rings is 2. The van der Waals surface area contributed by atoms with Gasteiger partial charge in [-0.1, -0.05) is 37.3 Å². The maximum atomic E-state index is 13.4. The largest absolute Gasteiger partial charge is 0.369 e. The molecule has 0 radical (unpaired) electrons. The van der Waals surface area contributed by atoms with Crippen LogP contribution >= 0.6 is 0 Å². The van der Waals surface area contributed by atoms with Gasteiger partial charge in [0.1, 0.15) is 5.82 Å². The van der Waals surface area contributed by atoms with Gasteiger partial charge >= 0.3 is 0 Å². The first-order valence-corrected chi connectivity index (χ1v) is 9.85. The van der Waals surface area contributed by atoms with Crippen molar-refractivity contribution in [2.45, 2.75) is 45.6 Å². The summed E-state index contributed by atoms with van der Waals surface area (Å²) in [5.41, 5.74) is 2.18. The van der Waals surface area contributed by atoms with Crippen LogP contribution in [0.1, 0.15) is 37.7 Å². The van der Waals surface area contributed by atoms with Crippen molar-refractivity contribution in [1.82, 2.24) is 9.55 Å². The molecule has 0 saturated heterocycles. The molecule has 3 aromatic rings. The SMILES string of the molecule is CC[C@H](Cc1ccccc1)n1c(C)nc2ccc(N(C)CC(C)(F)F)cc2c1=O. The molecule has 0 fully saturated rings. The minimum atomic E-state index is -2.82. The summed E-state index contributed by atoms with van der Waals surface area (Å²) in [5, 5.41) is 0.450. The van der Waals surface area contributed by atoms with Crippen molar-refractivity contribution in [3.8, 4) is 0 Å². The van der Waals surface area contributed by atoms with Crippen molar-refractivity contribution in [2.24, 2.45) is 0 Å². The van der Waals surface area contributed by atoms with Crippen LogP contribution in [0, 0.1) is 6.92 Å². The molecule has 0 aliphatic carbocycles. The third-order valence-corrected chi connectivity index (χ3v) is 5.17. The van der Waals surface area contributed by atoms with Gasteiger partial charge in [-0.3, -0.25) is 9.36 Å². The lowest BCUT2D eigenvalue weighted by Crippen LogP contribution is -2.32. The van der Waals surface area contributed by atoms with Crippen LogP contribution in [-0.4, -0.2) is 29.1 Å². The number of alkyl halides is 2. The van der Waals surface area contributed by atoms with E-state index < -0.39 is 12.5 Å². The molecular weight excluding hydrogens is 372 g/mol. The van der Waals surface area contributed by atoms with Crippen molar-refractivity contribution < 1.29 is 8.78 Å². The van der Waals surface area contributed by atoms with Gasteiger partial charge in [0, 0.05) is 25.7 Å². The van der Waals surface area contributed by atoms with Gasteiger partial charge in [0.05, 0.1) is 17.4 Å². The second-order valence-corrected chi connectivity index (χ2v) is 7.71. The van der Waals surface area contributed by atoms with Crippen molar-refractivity contribution in [2.75, 3.05) is 18.5 Å². The molecule has 0 unspecified atom stereocenters. The number of aryl methyl sites for hydroxylation is 1. The smallest absolute Gasteiger partial charge is 0.262 e. The topological polar surface area (TPSA) is 38.1 Å². The third kappa shape index (κ3) is 4.81. The minimum Gasteiger partial charge on any atom is -0.369 e. The highest BCUT2D eigenvalue weighted by atomic mass is 19.3. The maximum absolute atomic E-state index is 13.4. The van der Waals surface area contributed by atoms with E-state index in [1.807, 2.05) is 25.1 Å². The van der Waals surface area contributed by atoms with E-state index in [0.717, 1.165) is 25.3 Å². The van der Waals surface area contributed by atoms with Crippen LogP contribution in [0.4, 0.5) is 14.5 Å². The summed E-state index contributed by atoms with van der Waals surface area (Å²) in [7, 11) is 1.60. The summed E-state index contributed by atoms with van der Waals surface area (Å²) >= 11 is 0. The summed E-state index contributed by atoms with van der Waals surface area (Å²) in [6.07, 6.45) is 1.51. The fraction of sp³-hybridized carbons (Fsp3) is 0.391. The normalized spacial score (nSPS) is 12.9. The Hall–Kier alpha value is -2.76. The van der Waals surface area contributed by atoms with E-state index in [1.165, 1.54) is 4.90 Å². The van der Waals surface area contributed by atoms with Crippen molar-refractivity contribution >= 4 is 16.6 Å². The summed E-state index contributed by atoms with van der Waals surface area (Å²) in [6.45, 7) is 4.36. The van der Waals surface area contributed by atoms with Gasteiger partial charge in [-0.05, 0) is 43.5 Å². The van der Waals surface area contributed by atoms with E-state index >= 15 is 0 Å². The monoisotopic (exact) mass is 399 g/mol. The molecule has 3 rings (SSSR count). The summed E-state index contributed by atoms with van der Waals surface area (Å²) in [4.78, 5) is 19.4. The number of aromatic nitrogens is 2. The molecule has 0 N–H and O–H groups in total. The maximum Gasteiger partial charge on any atom is 0.262 e. The highest BCUT2D eigenvalue weighted by molar-refractivity contribution is 5.81. The average molecular weight is 399 g/mol. The number of fused-ring (bicyclic) bond motifs is 1. The predicted octanol–water partition coefficient (Wildman–Crippen LogP) is 4.99. The minimum absolute atomic E-state index is 0.0249. The van der Waals surface area contributed by atoms with Gasteiger partial charge in [-0.25, -0.2) is 13.8 Å². The van der Waals surface area contributed by atoms with E-state index in [9.17, 15) is 13.6 Å². The highest BCUT2D eigenvalue weighted by Gasteiger charge is 2.24. The molecule has 6 heteroatoms. The number of hydrogen-bond donors (Lipinski definition) is 0.